The van der Waals surface area contributed by atoms with Gasteiger partial charge >= 0.3 is 5.97 Å². The lowest BCUT2D eigenvalue weighted by Gasteiger charge is -2.11. The molecular weight excluding hydrogens is 228 g/mol. The van der Waals surface area contributed by atoms with Crippen LogP contribution in [0.3, 0.4) is 0 Å². The Morgan fingerprint density at radius 1 is 1.50 bits per heavy atom. The van der Waals surface area contributed by atoms with Crippen LogP contribution in [0.2, 0.25) is 0 Å². The van der Waals surface area contributed by atoms with Crippen LogP contribution in [-0.2, 0) is 14.3 Å². The van der Waals surface area contributed by atoms with Gasteiger partial charge in [-0.1, -0.05) is 37.3 Å². The van der Waals surface area contributed by atoms with E-state index in [4.69, 9.17) is 4.74 Å². The van der Waals surface area contributed by atoms with E-state index in [0.717, 1.165) is 24.8 Å². The molecule has 98 valence electrons. The van der Waals surface area contributed by atoms with Crippen molar-refractivity contribution in [1.82, 2.24) is 0 Å². The first-order chi connectivity index (χ1) is 8.67. The smallest absolute Gasteiger partial charge is 0.305 e. The van der Waals surface area contributed by atoms with E-state index in [0.29, 0.717) is 25.0 Å². The van der Waals surface area contributed by atoms with Gasteiger partial charge in [0.1, 0.15) is 0 Å². The van der Waals surface area contributed by atoms with Crippen LogP contribution < -0.4 is 0 Å². The van der Waals surface area contributed by atoms with Crippen molar-refractivity contribution in [3.8, 4) is 0 Å². The van der Waals surface area contributed by atoms with Crippen LogP contribution in [0.4, 0.5) is 0 Å². The van der Waals surface area contributed by atoms with Crippen molar-refractivity contribution in [2.24, 2.45) is 0 Å². The lowest BCUT2D eigenvalue weighted by atomic mass is 9.94. The predicted molar refractivity (Wildman–Crippen MR) is 71.1 cm³/mol. The van der Waals surface area contributed by atoms with Crippen molar-refractivity contribution < 1.29 is 14.3 Å². The number of ether oxygens (including phenoxy) is 1. The molecule has 0 N–H and O–H groups in total. The molecule has 0 aliphatic heterocycles. The molecule has 0 aromatic rings. The van der Waals surface area contributed by atoms with Gasteiger partial charge in [-0.3, -0.25) is 9.59 Å². The molecule has 1 aliphatic rings. The van der Waals surface area contributed by atoms with E-state index < -0.39 is 0 Å². The minimum absolute atomic E-state index is 0.116. The van der Waals surface area contributed by atoms with Crippen LogP contribution in [0, 0.1) is 0 Å². The molecule has 0 aromatic carbocycles. The number of hydrogen-bond acceptors (Lipinski definition) is 3. The van der Waals surface area contributed by atoms with Crippen molar-refractivity contribution in [2.75, 3.05) is 6.61 Å². The number of esters is 1. The van der Waals surface area contributed by atoms with Gasteiger partial charge in [0.15, 0.2) is 5.78 Å². The number of carbonyl (C=O) groups excluding carboxylic acids is 2. The first-order valence-corrected chi connectivity index (χ1v) is 6.38. The maximum atomic E-state index is 11.6. The third-order valence-electron chi connectivity index (χ3n) is 2.79. The van der Waals surface area contributed by atoms with Gasteiger partial charge in [0.2, 0.25) is 0 Å². The lowest BCUT2D eigenvalue weighted by molar-refractivity contribution is -0.143. The zero-order valence-electron chi connectivity index (χ0n) is 10.9. The molecule has 1 rings (SSSR count). The summed E-state index contributed by atoms with van der Waals surface area (Å²) >= 11 is 0. The maximum Gasteiger partial charge on any atom is 0.305 e. The van der Waals surface area contributed by atoms with Crippen molar-refractivity contribution in [3.05, 3.63) is 36.0 Å². The Balaban J connectivity index is 2.27. The maximum absolute atomic E-state index is 11.6. The molecule has 18 heavy (non-hydrogen) atoms. The SMILES string of the molecule is C=CC1=CC=C(CCCOC(=O)CCC)CC1=O. The van der Waals surface area contributed by atoms with Crippen molar-refractivity contribution in [2.45, 2.75) is 39.0 Å². The predicted octanol–water partition coefficient (Wildman–Crippen LogP) is 3.12. The highest BCUT2D eigenvalue weighted by Gasteiger charge is 2.13. The molecule has 0 saturated heterocycles. The molecule has 0 heterocycles. The molecule has 0 atom stereocenters. The summed E-state index contributed by atoms with van der Waals surface area (Å²) in [5.74, 6) is -0.0227. The number of rotatable bonds is 7. The summed E-state index contributed by atoms with van der Waals surface area (Å²) < 4.78 is 5.06. The van der Waals surface area contributed by atoms with E-state index in [1.54, 1.807) is 12.2 Å². The van der Waals surface area contributed by atoms with E-state index in [-0.39, 0.29) is 11.8 Å². The highest BCUT2D eigenvalue weighted by molar-refractivity contribution is 6.00. The molecule has 1 aliphatic carbocycles. The largest absolute Gasteiger partial charge is 0.466 e. The Morgan fingerprint density at radius 2 is 2.28 bits per heavy atom. The monoisotopic (exact) mass is 248 g/mol. The van der Waals surface area contributed by atoms with E-state index in [9.17, 15) is 9.59 Å². The summed E-state index contributed by atoms with van der Waals surface area (Å²) in [6.45, 7) is 5.98. The molecule has 3 heteroatoms. The van der Waals surface area contributed by atoms with E-state index in [1.165, 1.54) is 0 Å². The van der Waals surface area contributed by atoms with Crippen molar-refractivity contribution in [3.63, 3.8) is 0 Å². The number of Topliss-reactive ketones (excluding diaryl/α,β-unsaturated/α-hetero) is 1. The molecule has 0 spiro atoms. The summed E-state index contributed by atoms with van der Waals surface area (Å²) in [6, 6.07) is 0. The first kappa shape index (κ1) is 14.4. The fraction of sp³-hybridized carbons (Fsp3) is 0.467. The number of ketones is 1. The molecule has 0 amide bonds. The molecule has 0 aromatic heterocycles. The number of allylic oxidation sites excluding steroid dienone is 5. The van der Waals surface area contributed by atoms with Crippen LogP contribution in [0.25, 0.3) is 0 Å². The van der Waals surface area contributed by atoms with Crippen molar-refractivity contribution in [1.29, 1.82) is 0 Å². The van der Waals surface area contributed by atoms with Gasteiger partial charge in [0.25, 0.3) is 0 Å². The average molecular weight is 248 g/mol. The minimum atomic E-state index is -0.139. The van der Waals surface area contributed by atoms with Gasteiger partial charge < -0.3 is 4.74 Å². The Hall–Kier alpha value is -1.64. The molecule has 0 fully saturated rings. The van der Waals surface area contributed by atoms with E-state index >= 15 is 0 Å². The summed E-state index contributed by atoms with van der Waals surface area (Å²) in [5.41, 5.74) is 1.77. The number of carbonyl (C=O) groups is 2. The van der Waals surface area contributed by atoms with Gasteiger partial charge in [-0.05, 0) is 19.3 Å². The molecule has 3 nitrogen and oxygen atoms in total. The highest BCUT2D eigenvalue weighted by Crippen LogP contribution is 2.19. The zero-order valence-corrected chi connectivity index (χ0v) is 10.9. The summed E-state index contributed by atoms with van der Waals surface area (Å²) in [7, 11) is 0. The van der Waals surface area contributed by atoms with E-state index in [2.05, 4.69) is 6.58 Å². The Labute approximate surface area is 108 Å². The second-order valence-electron chi connectivity index (χ2n) is 4.33. The van der Waals surface area contributed by atoms with Gasteiger partial charge in [-0.15, -0.1) is 0 Å². The highest BCUT2D eigenvalue weighted by atomic mass is 16.5. The second kappa shape index (κ2) is 7.64. The molecule has 0 bridgehead atoms. The fourth-order valence-electron chi connectivity index (χ4n) is 1.78. The zero-order chi connectivity index (χ0) is 13.4. The second-order valence-corrected chi connectivity index (χ2v) is 4.33. The summed E-state index contributed by atoms with van der Waals surface area (Å²) in [6.07, 6.45) is 8.67. The fourth-order valence-corrected chi connectivity index (χ4v) is 1.78. The van der Waals surface area contributed by atoms with Crippen LogP contribution in [0.15, 0.2) is 36.0 Å². The Bertz CT molecular complexity index is 389. The molecule has 0 saturated carbocycles. The van der Waals surface area contributed by atoms with Gasteiger partial charge in [-0.25, -0.2) is 0 Å². The van der Waals surface area contributed by atoms with Crippen LogP contribution in [-0.4, -0.2) is 18.4 Å². The molecule has 0 unspecified atom stereocenters. The Morgan fingerprint density at radius 3 is 2.89 bits per heavy atom. The number of hydrogen-bond donors (Lipinski definition) is 0. The average Bonchev–Trinajstić information content (AvgIpc) is 2.35. The molecular formula is C15H20O3. The third-order valence-corrected chi connectivity index (χ3v) is 2.79. The summed E-state index contributed by atoms with van der Waals surface area (Å²) in [5, 5.41) is 0. The summed E-state index contributed by atoms with van der Waals surface area (Å²) in [4.78, 5) is 22.7. The molecule has 0 radical (unpaired) electrons. The normalized spacial score (nSPS) is 14.8. The van der Waals surface area contributed by atoms with Gasteiger partial charge in [0, 0.05) is 18.4 Å². The van der Waals surface area contributed by atoms with Crippen LogP contribution in [0.5, 0.6) is 0 Å². The van der Waals surface area contributed by atoms with Gasteiger partial charge in [0.05, 0.1) is 6.61 Å². The standard InChI is InChI=1S/C15H20O3/c1-3-6-15(17)18-10-5-7-12-8-9-13(4-2)14(16)11-12/h4,8-9H,2-3,5-7,10-11H2,1H3. The van der Waals surface area contributed by atoms with Crippen LogP contribution in [0.1, 0.15) is 39.0 Å². The first-order valence-electron chi connectivity index (χ1n) is 6.38. The van der Waals surface area contributed by atoms with Crippen molar-refractivity contribution >= 4 is 11.8 Å². The third kappa shape index (κ3) is 4.70. The van der Waals surface area contributed by atoms with Gasteiger partial charge in [-0.2, -0.15) is 0 Å². The Kier molecular flexibility index (Phi) is 6.12. The minimum Gasteiger partial charge on any atom is -0.466 e. The lowest BCUT2D eigenvalue weighted by Crippen LogP contribution is -2.08. The quantitative estimate of drug-likeness (QED) is 0.513. The van der Waals surface area contributed by atoms with E-state index in [1.807, 2.05) is 13.0 Å². The van der Waals surface area contributed by atoms with Crippen LogP contribution >= 0.6 is 0 Å². The topological polar surface area (TPSA) is 43.4 Å².